The first-order valence-electron chi connectivity index (χ1n) is 7.82. The van der Waals surface area contributed by atoms with Crippen molar-refractivity contribution in [1.29, 1.82) is 0 Å². The summed E-state index contributed by atoms with van der Waals surface area (Å²) in [6, 6.07) is 5.87. The van der Waals surface area contributed by atoms with Crippen molar-refractivity contribution in [3.05, 3.63) is 41.4 Å². The van der Waals surface area contributed by atoms with E-state index in [0.29, 0.717) is 10.7 Å². The normalized spacial score (nSPS) is 19.0. The molecule has 0 bridgehead atoms. The molecule has 25 heavy (non-hydrogen) atoms. The van der Waals surface area contributed by atoms with Gasteiger partial charge in [-0.05, 0) is 18.1 Å². The second kappa shape index (κ2) is 6.93. The third-order valence-corrected chi connectivity index (χ3v) is 6.13. The number of thiazole rings is 1. The molecule has 0 unspecified atom stereocenters. The van der Waals surface area contributed by atoms with Crippen molar-refractivity contribution in [2.24, 2.45) is 10.9 Å². The van der Waals surface area contributed by atoms with Gasteiger partial charge in [-0.1, -0.05) is 32.4 Å². The Balaban J connectivity index is 1.95. The molecule has 0 aliphatic carbocycles. The molecule has 2 N–H and O–H groups in total. The lowest BCUT2D eigenvalue weighted by atomic mass is 9.99. The number of hydrogen-bond acceptors (Lipinski definition) is 6. The molecule has 2 aromatic rings. The molecule has 1 aromatic carbocycles. The lowest BCUT2D eigenvalue weighted by Gasteiger charge is -2.18. The number of aliphatic imine (C=N–C) groups is 1. The smallest absolute Gasteiger partial charge is 0.263 e. The number of aromatic nitrogens is 1. The van der Waals surface area contributed by atoms with E-state index in [9.17, 15) is 13.2 Å². The Morgan fingerprint density at radius 3 is 2.84 bits per heavy atom. The van der Waals surface area contributed by atoms with E-state index in [1.165, 1.54) is 17.4 Å². The number of rotatable bonds is 5. The van der Waals surface area contributed by atoms with Crippen LogP contribution < -0.4 is 10.0 Å². The molecule has 7 nitrogen and oxygen atoms in total. The minimum Gasteiger partial charge on any atom is -0.300 e. The number of hydrogen-bond donors (Lipinski definition) is 2. The number of sulfonamides is 1. The number of carbonyl (C=O) groups is 1. The second-order valence-electron chi connectivity index (χ2n) is 5.74. The van der Waals surface area contributed by atoms with Crippen molar-refractivity contribution in [3.63, 3.8) is 0 Å². The monoisotopic (exact) mass is 378 g/mol. The van der Waals surface area contributed by atoms with Gasteiger partial charge in [0.05, 0.1) is 4.90 Å². The average Bonchev–Trinajstić information content (AvgIpc) is 3.18. The maximum absolute atomic E-state index is 12.6. The van der Waals surface area contributed by atoms with Gasteiger partial charge in [0.25, 0.3) is 15.9 Å². The summed E-state index contributed by atoms with van der Waals surface area (Å²) in [4.78, 5) is 21.3. The highest BCUT2D eigenvalue weighted by Crippen LogP contribution is 2.24. The number of anilines is 1. The maximum atomic E-state index is 12.6. The molecule has 3 rings (SSSR count). The first kappa shape index (κ1) is 17.6. The predicted octanol–water partition coefficient (Wildman–Crippen LogP) is 2.24. The van der Waals surface area contributed by atoms with Crippen molar-refractivity contribution < 1.29 is 13.2 Å². The van der Waals surface area contributed by atoms with Gasteiger partial charge < -0.3 is 5.32 Å². The Labute approximate surface area is 150 Å². The fraction of sp³-hybridized carbons (Fsp3) is 0.312. The molecule has 0 saturated carbocycles. The molecule has 132 valence electrons. The molecular formula is C16H18N4O3S2. The summed E-state index contributed by atoms with van der Waals surface area (Å²) in [5, 5.41) is 5.00. The number of nitrogens with one attached hydrogen (secondary N) is 2. The molecular weight excluding hydrogens is 360 g/mol. The number of benzene rings is 1. The SMILES string of the molecule is CC[C@H](C)[C@H](N=C1NS(=O)(=O)c2ccccc21)C(=O)Nc1nccs1. The zero-order valence-corrected chi connectivity index (χ0v) is 15.4. The van der Waals surface area contributed by atoms with Crippen LogP contribution >= 0.6 is 11.3 Å². The molecule has 1 amide bonds. The highest BCUT2D eigenvalue weighted by Gasteiger charge is 2.33. The Kier molecular flexibility index (Phi) is 4.87. The van der Waals surface area contributed by atoms with Crippen LogP contribution in [0.4, 0.5) is 5.13 Å². The minimum absolute atomic E-state index is 0.0651. The quantitative estimate of drug-likeness (QED) is 0.833. The molecule has 9 heteroatoms. The molecule has 0 spiro atoms. The van der Waals surface area contributed by atoms with E-state index in [0.717, 1.165) is 6.42 Å². The van der Waals surface area contributed by atoms with Crippen LogP contribution in [0.2, 0.25) is 0 Å². The van der Waals surface area contributed by atoms with Crippen molar-refractivity contribution in [2.75, 3.05) is 5.32 Å². The van der Waals surface area contributed by atoms with Gasteiger partial charge in [0.2, 0.25) is 0 Å². The van der Waals surface area contributed by atoms with E-state index >= 15 is 0 Å². The number of fused-ring (bicyclic) bond motifs is 1. The van der Waals surface area contributed by atoms with Gasteiger partial charge in [-0.2, -0.15) is 0 Å². The lowest BCUT2D eigenvalue weighted by molar-refractivity contribution is -0.118. The van der Waals surface area contributed by atoms with Crippen LogP contribution in [0.5, 0.6) is 0 Å². The molecule has 0 radical (unpaired) electrons. The zero-order valence-electron chi connectivity index (χ0n) is 13.8. The average molecular weight is 378 g/mol. The van der Waals surface area contributed by atoms with Crippen molar-refractivity contribution in [2.45, 2.75) is 31.2 Å². The first-order valence-corrected chi connectivity index (χ1v) is 10.2. The Bertz CT molecular complexity index is 907. The Morgan fingerprint density at radius 1 is 1.40 bits per heavy atom. The lowest BCUT2D eigenvalue weighted by Crippen LogP contribution is -2.34. The van der Waals surface area contributed by atoms with E-state index in [1.807, 2.05) is 13.8 Å². The summed E-state index contributed by atoms with van der Waals surface area (Å²) >= 11 is 1.32. The third kappa shape index (κ3) is 3.57. The fourth-order valence-corrected chi connectivity index (χ4v) is 4.27. The van der Waals surface area contributed by atoms with Crippen LogP contribution in [0, 0.1) is 5.92 Å². The van der Waals surface area contributed by atoms with Crippen molar-refractivity contribution >= 4 is 38.2 Å². The van der Waals surface area contributed by atoms with Crippen LogP contribution in [0.3, 0.4) is 0 Å². The first-order chi connectivity index (χ1) is 11.9. The molecule has 1 aliphatic heterocycles. The predicted molar refractivity (Wildman–Crippen MR) is 97.3 cm³/mol. The highest BCUT2D eigenvalue weighted by molar-refractivity contribution is 7.90. The summed E-state index contributed by atoms with van der Waals surface area (Å²) in [7, 11) is -3.63. The maximum Gasteiger partial charge on any atom is 0.263 e. The molecule has 2 heterocycles. The highest BCUT2D eigenvalue weighted by atomic mass is 32.2. The van der Waals surface area contributed by atoms with Crippen LogP contribution in [0.15, 0.2) is 45.7 Å². The van der Waals surface area contributed by atoms with E-state index < -0.39 is 16.1 Å². The number of amides is 1. The topological polar surface area (TPSA) is 101 Å². The van der Waals surface area contributed by atoms with E-state index in [2.05, 4.69) is 20.0 Å². The minimum atomic E-state index is -3.63. The van der Waals surface area contributed by atoms with Gasteiger partial charge in [-0.25, -0.2) is 13.4 Å². The second-order valence-corrected chi connectivity index (χ2v) is 8.28. The summed E-state index contributed by atoms with van der Waals surface area (Å²) in [5.74, 6) is -0.166. The third-order valence-electron chi connectivity index (χ3n) is 4.04. The summed E-state index contributed by atoms with van der Waals surface area (Å²) < 4.78 is 26.9. The van der Waals surface area contributed by atoms with Crippen LogP contribution in [-0.4, -0.2) is 31.2 Å². The number of carbonyl (C=O) groups excluding carboxylic acids is 1. The molecule has 1 aromatic heterocycles. The number of amidine groups is 1. The standard InChI is InChI=1S/C16H18N4O3S2/c1-3-10(2)13(15(21)19-16-17-8-9-24-16)18-14-11-6-4-5-7-12(11)25(22,23)20-14/h4-10,13H,3H2,1-2H3,(H,18,20)(H,17,19,21)/t10-,13-/m0/s1. The Morgan fingerprint density at radius 2 is 2.16 bits per heavy atom. The van der Waals surface area contributed by atoms with Gasteiger partial charge >= 0.3 is 0 Å². The summed E-state index contributed by atoms with van der Waals surface area (Å²) in [5.41, 5.74) is 0.484. The molecule has 1 aliphatic rings. The Hall–Kier alpha value is -2.26. The van der Waals surface area contributed by atoms with Crippen molar-refractivity contribution in [3.8, 4) is 0 Å². The van der Waals surface area contributed by atoms with Crippen LogP contribution in [0.25, 0.3) is 0 Å². The summed E-state index contributed by atoms with van der Waals surface area (Å²) in [6.07, 6.45) is 2.33. The fourth-order valence-electron chi connectivity index (χ4n) is 2.50. The van der Waals surface area contributed by atoms with Gasteiger partial charge in [0, 0.05) is 17.1 Å². The largest absolute Gasteiger partial charge is 0.300 e. The molecule has 0 saturated heterocycles. The van der Waals surface area contributed by atoms with Gasteiger partial charge in [0.15, 0.2) is 5.13 Å². The number of nitrogens with zero attached hydrogens (tertiary/aromatic N) is 2. The molecule has 0 fully saturated rings. The van der Waals surface area contributed by atoms with E-state index in [1.54, 1.807) is 29.8 Å². The molecule has 2 atom stereocenters. The van der Waals surface area contributed by atoms with Crippen LogP contribution in [-0.2, 0) is 14.8 Å². The van der Waals surface area contributed by atoms with Gasteiger partial charge in [-0.15, -0.1) is 11.3 Å². The van der Waals surface area contributed by atoms with Crippen molar-refractivity contribution in [1.82, 2.24) is 9.71 Å². The summed E-state index contributed by atoms with van der Waals surface area (Å²) in [6.45, 7) is 3.87. The van der Waals surface area contributed by atoms with Gasteiger partial charge in [0.1, 0.15) is 11.9 Å². The zero-order chi connectivity index (χ0) is 18.0. The van der Waals surface area contributed by atoms with Gasteiger partial charge in [-0.3, -0.25) is 14.5 Å². The van der Waals surface area contributed by atoms with Crippen LogP contribution in [0.1, 0.15) is 25.8 Å². The van der Waals surface area contributed by atoms with E-state index in [4.69, 9.17) is 0 Å². The van der Waals surface area contributed by atoms with E-state index in [-0.39, 0.29) is 22.6 Å².